The first-order chi connectivity index (χ1) is 9.10. The van der Waals surface area contributed by atoms with E-state index in [1.54, 1.807) is 0 Å². The molecule has 94 valence electrons. The number of ether oxygens (including phenoxy) is 1. The van der Waals surface area contributed by atoms with E-state index in [0.29, 0.717) is 5.75 Å². The Labute approximate surface area is 113 Å². The van der Waals surface area contributed by atoms with Crippen molar-refractivity contribution in [2.24, 2.45) is 0 Å². The third kappa shape index (κ3) is 2.97. The fourth-order valence-electron chi connectivity index (χ4n) is 1.32. The van der Waals surface area contributed by atoms with E-state index in [2.05, 4.69) is 4.98 Å². The minimum Gasteiger partial charge on any atom is -0.454 e. The van der Waals surface area contributed by atoms with Crippen LogP contribution < -0.4 is 4.74 Å². The number of nitrogens with zero attached hydrogens (tertiary/aromatic N) is 3. The van der Waals surface area contributed by atoms with Crippen LogP contribution in [0.3, 0.4) is 0 Å². The van der Waals surface area contributed by atoms with Gasteiger partial charge in [-0.2, -0.15) is 5.26 Å². The van der Waals surface area contributed by atoms with Crippen molar-refractivity contribution in [2.75, 3.05) is 0 Å². The lowest BCUT2D eigenvalue weighted by Crippen LogP contribution is -1.91. The van der Waals surface area contributed by atoms with Gasteiger partial charge in [-0.3, -0.25) is 10.1 Å². The lowest BCUT2D eigenvalue weighted by Gasteiger charge is -2.06. The van der Waals surface area contributed by atoms with Crippen molar-refractivity contribution in [3.63, 3.8) is 0 Å². The fraction of sp³-hybridized carbons (Fsp3) is 0. The first-order valence-electron chi connectivity index (χ1n) is 5.08. The third-order valence-electron chi connectivity index (χ3n) is 2.20. The van der Waals surface area contributed by atoms with Crippen LogP contribution >= 0.6 is 11.6 Å². The molecule has 19 heavy (non-hydrogen) atoms. The molecule has 0 atom stereocenters. The van der Waals surface area contributed by atoms with Gasteiger partial charge in [0.2, 0.25) is 0 Å². The summed E-state index contributed by atoms with van der Waals surface area (Å²) in [6.07, 6.45) is 1.34. The summed E-state index contributed by atoms with van der Waals surface area (Å²) in [5.41, 5.74) is 0.124. The average Bonchev–Trinajstić information content (AvgIpc) is 2.42. The molecule has 2 rings (SSSR count). The number of halogens is 1. The maximum Gasteiger partial charge on any atom is 0.273 e. The molecule has 2 aromatic rings. The molecule has 0 saturated heterocycles. The number of non-ortho nitro benzene ring substituents is 1. The van der Waals surface area contributed by atoms with Gasteiger partial charge in [-0.1, -0.05) is 11.6 Å². The van der Waals surface area contributed by atoms with E-state index in [9.17, 15) is 10.1 Å². The van der Waals surface area contributed by atoms with Crippen molar-refractivity contribution in [1.29, 1.82) is 5.26 Å². The van der Waals surface area contributed by atoms with Gasteiger partial charge in [-0.05, 0) is 18.2 Å². The van der Waals surface area contributed by atoms with Gasteiger partial charge in [-0.25, -0.2) is 4.98 Å². The quantitative estimate of drug-likeness (QED) is 0.633. The second kappa shape index (κ2) is 5.33. The van der Waals surface area contributed by atoms with Gasteiger partial charge >= 0.3 is 0 Å². The van der Waals surface area contributed by atoms with Crippen molar-refractivity contribution in [3.8, 4) is 17.6 Å². The monoisotopic (exact) mass is 275 g/mol. The first-order valence-corrected chi connectivity index (χ1v) is 5.46. The predicted octanol–water partition coefficient (Wildman–Crippen LogP) is 3.31. The lowest BCUT2D eigenvalue weighted by atomic mass is 10.3. The number of benzene rings is 1. The number of pyridine rings is 1. The summed E-state index contributed by atoms with van der Waals surface area (Å²) in [6.45, 7) is 0. The largest absolute Gasteiger partial charge is 0.454 e. The Balaban J connectivity index is 2.29. The van der Waals surface area contributed by atoms with Crippen LogP contribution in [0, 0.1) is 21.4 Å². The molecule has 0 amide bonds. The van der Waals surface area contributed by atoms with Crippen LogP contribution in [0.2, 0.25) is 5.02 Å². The minimum atomic E-state index is -0.541. The molecular weight excluding hydrogens is 270 g/mol. The highest BCUT2D eigenvalue weighted by Gasteiger charge is 2.11. The molecule has 0 aliphatic heterocycles. The summed E-state index contributed by atoms with van der Waals surface area (Å²) >= 11 is 5.89. The Hall–Kier alpha value is -2.65. The topological polar surface area (TPSA) is 89.0 Å². The number of hydrogen-bond acceptors (Lipinski definition) is 5. The Morgan fingerprint density at radius 1 is 1.37 bits per heavy atom. The van der Waals surface area contributed by atoms with E-state index in [-0.39, 0.29) is 22.2 Å². The Kier molecular flexibility index (Phi) is 3.59. The smallest absolute Gasteiger partial charge is 0.273 e. The van der Waals surface area contributed by atoms with E-state index >= 15 is 0 Å². The number of aromatic nitrogens is 1. The summed E-state index contributed by atoms with van der Waals surface area (Å²) in [6, 6.07) is 8.76. The van der Waals surface area contributed by atoms with Crippen molar-refractivity contribution in [3.05, 3.63) is 57.4 Å². The molecule has 1 aromatic carbocycles. The number of nitriles is 1. The molecule has 1 heterocycles. The van der Waals surface area contributed by atoms with Gasteiger partial charge in [0, 0.05) is 6.07 Å². The molecule has 0 N–H and O–H groups in total. The highest BCUT2D eigenvalue weighted by atomic mass is 35.5. The van der Waals surface area contributed by atoms with Gasteiger partial charge in [0.1, 0.15) is 17.5 Å². The van der Waals surface area contributed by atoms with Gasteiger partial charge in [0.15, 0.2) is 5.75 Å². The zero-order chi connectivity index (χ0) is 13.8. The normalized spacial score (nSPS) is 9.68. The van der Waals surface area contributed by atoms with E-state index in [1.807, 2.05) is 6.07 Å². The van der Waals surface area contributed by atoms with Crippen molar-refractivity contribution < 1.29 is 9.66 Å². The SMILES string of the molecule is N#Cc1ccc(Oc2cc([N+](=O)[O-])ccc2Cl)cn1. The van der Waals surface area contributed by atoms with Crippen LogP contribution in [0.25, 0.3) is 0 Å². The molecule has 0 bridgehead atoms. The standard InChI is InChI=1S/C12H6ClN3O3/c13-11-4-2-9(16(17)18)5-12(11)19-10-3-1-8(6-14)15-7-10/h1-5,7H. The van der Waals surface area contributed by atoms with E-state index in [4.69, 9.17) is 21.6 Å². The molecule has 7 heteroatoms. The molecule has 0 aliphatic carbocycles. The van der Waals surface area contributed by atoms with Crippen LogP contribution in [0.15, 0.2) is 36.5 Å². The molecule has 0 unspecified atom stereocenters. The summed E-state index contributed by atoms with van der Waals surface area (Å²) in [5, 5.41) is 19.5. The number of rotatable bonds is 3. The number of nitro groups is 1. The summed E-state index contributed by atoms with van der Waals surface area (Å²) in [4.78, 5) is 13.9. The summed E-state index contributed by atoms with van der Waals surface area (Å²) < 4.78 is 5.39. The van der Waals surface area contributed by atoms with E-state index < -0.39 is 4.92 Å². The molecule has 0 spiro atoms. The zero-order valence-corrected chi connectivity index (χ0v) is 10.2. The van der Waals surface area contributed by atoms with Crippen molar-refractivity contribution in [2.45, 2.75) is 0 Å². The number of nitro benzene ring substituents is 1. The second-order valence-corrected chi connectivity index (χ2v) is 3.87. The van der Waals surface area contributed by atoms with Gasteiger partial charge in [0.25, 0.3) is 5.69 Å². The highest BCUT2D eigenvalue weighted by molar-refractivity contribution is 6.32. The maximum atomic E-state index is 10.7. The molecule has 0 aliphatic rings. The third-order valence-corrected chi connectivity index (χ3v) is 2.52. The Morgan fingerprint density at radius 2 is 2.16 bits per heavy atom. The van der Waals surface area contributed by atoms with Crippen molar-refractivity contribution in [1.82, 2.24) is 4.98 Å². The number of hydrogen-bond donors (Lipinski definition) is 0. The summed E-state index contributed by atoms with van der Waals surface area (Å²) in [5.74, 6) is 0.490. The van der Waals surface area contributed by atoms with E-state index in [1.165, 1.54) is 36.5 Å². The molecule has 0 saturated carbocycles. The van der Waals surface area contributed by atoms with Gasteiger partial charge in [-0.15, -0.1) is 0 Å². The Morgan fingerprint density at radius 3 is 2.74 bits per heavy atom. The van der Waals surface area contributed by atoms with Crippen LogP contribution in [-0.4, -0.2) is 9.91 Å². The first kappa shape index (κ1) is 12.8. The van der Waals surface area contributed by atoms with Crippen LogP contribution in [0.5, 0.6) is 11.5 Å². The predicted molar refractivity (Wildman–Crippen MR) is 67.1 cm³/mol. The highest BCUT2D eigenvalue weighted by Crippen LogP contribution is 2.32. The lowest BCUT2D eigenvalue weighted by molar-refractivity contribution is -0.384. The molecule has 0 radical (unpaired) electrons. The zero-order valence-electron chi connectivity index (χ0n) is 9.41. The molecular formula is C12H6ClN3O3. The molecule has 0 fully saturated rings. The van der Waals surface area contributed by atoms with Crippen LogP contribution in [0.1, 0.15) is 5.69 Å². The van der Waals surface area contributed by atoms with Crippen LogP contribution in [0.4, 0.5) is 5.69 Å². The molecule has 6 nitrogen and oxygen atoms in total. The van der Waals surface area contributed by atoms with Crippen LogP contribution in [-0.2, 0) is 0 Å². The van der Waals surface area contributed by atoms with Gasteiger partial charge < -0.3 is 4.74 Å². The average molecular weight is 276 g/mol. The maximum absolute atomic E-state index is 10.7. The summed E-state index contributed by atoms with van der Waals surface area (Å²) in [7, 11) is 0. The molecule has 1 aromatic heterocycles. The second-order valence-electron chi connectivity index (χ2n) is 3.46. The fourth-order valence-corrected chi connectivity index (χ4v) is 1.47. The Bertz CT molecular complexity index is 665. The van der Waals surface area contributed by atoms with E-state index in [0.717, 1.165) is 0 Å². The minimum absolute atomic E-state index is 0.124. The van der Waals surface area contributed by atoms with Gasteiger partial charge in [0.05, 0.1) is 22.2 Å². The van der Waals surface area contributed by atoms with Crippen molar-refractivity contribution >= 4 is 17.3 Å².